The number of carbonyl (C=O) groups is 1. The molecule has 11 heavy (non-hydrogen) atoms. The maximum atomic E-state index is 10.6. The van der Waals surface area contributed by atoms with Gasteiger partial charge < -0.3 is 9.84 Å². The fourth-order valence-electron chi connectivity index (χ4n) is 1.95. The van der Waals surface area contributed by atoms with E-state index in [2.05, 4.69) is 0 Å². The van der Waals surface area contributed by atoms with Gasteiger partial charge in [0.15, 0.2) is 0 Å². The molecule has 0 amide bonds. The molecule has 1 N–H and O–H groups in total. The molecule has 1 heterocycles. The first-order chi connectivity index (χ1) is 5.16. The Morgan fingerprint density at radius 1 is 1.73 bits per heavy atom. The highest BCUT2D eigenvalue weighted by Gasteiger charge is 2.62. The van der Waals surface area contributed by atoms with Crippen LogP contribution >= 0.6 is 0 Å². The van der Waals surface area contributed by atoms with E-state index in [1.54, 1.807) is 6.92 Å². The van der Waals surface area contributed by atoms with Crippen LogP contribution in [0.15, 0.2) is 0 Å². The summed E-state index contributed by atoms with van der Waals surface area (Å²) in [6, 6.07) is 0. The zero-order valence-electron chi connectivity index (χ0n) is 6.54. The van der Waals surface area contributed by atoms with Crippen molar-refractivity contribution < 1.29 is 14.6 Å². The molecule has 2 unspecified atom stereocenters. The van der Waals surface area contributed by atoms with Gasteiger partial charge in [0.25, 0.3) is 0 Å². The van der Waals surface area contributed by atoms with Crippen LogP contribution in [-0.4, -0.2) is 24.3 Å². The van der Waals surface area contributed by atoms with Crippen molar-refractivity contribution in [2.24, 2.45) is 17.3 Å². The normalized spacial score (nSPS) is 34.5. The molecule has 0 radical (unpaired) electrons. The maximum absolute atomic E-state index is 10.6. The predicted molar refractivity (Wildman–Crippen MR) is 38.2 cm³/mol. The van der Waals surface area contributed by atoms with Gasteiger partial charge >= 0.3 is 5.97 Å². The van der Waals surface area contributed by atoms with Gasteiger partial charge in [-0.1, -0.05) is 6.92 Å². The summed E-state index contributed by atoms with van der Waals surface area (Å²) in [6.07, 6.45) is 1.06. The fourth-order valence-corrected chi connectivity index (χ4v) is 1.95. The van der Waals surface area contributed by atoms with Crippen LogP contribution in [0.5, 0.6) is 0 Å². The van der Waals surface area contributed by atoms with Crippen molar-refractivity contribution in [2.45, 2.75) is 13.3 Å². The minimum atomic E-state index is -0.668. The molecule has 1 aliphatic carbocycles. The van der Waals surface area contributed by atoms with Crippen molar-refractivity contribution in [2.75, 3.05) is 13.2 Å². The van der Waals surface area contributed by atoms with Gasteiger partial charge in [0.05, 0.1) is 19.1 Å². The number of rotatable bonds is 2. The molecule has 3 nitrogen and oxygen atoms in total. The summed E-state index contributed by atoms with van der Waals surface area (Å²) in [6.45, 7) is 3.37. The van der Waals surface area contributed by atoms with Gasteiger partial charge in [0.1, 0.15) is 0 Å². The third-order valence-corrected chi connectivity index (χ3v) is 3.02. The van der Waals surface area contributed by atoms with E-state index in [9.17, 15) is 4.79 Å². The first kappa shape index (κ1) is 7.10. The number of carboxylic acids is 1. The molecular weight excluding hydrogens is 144 g/mol. The first-order valence-electron chi connectivity index (χ1n) is 3.96. The quantitative estimate of drug-likeness (QED) is 0.641. The number of carboxylic acid groups (broad SMARTS) is 1. The number of aliphatic carboxylic acids is 1. The zero-order valence-corrected chi connectivity index (χ0v) is 6.54. The van der Waals surface area contributed by atoms with Crippen LogP contribution in [-0.2, 0) is 9.53 Å². The molecule has 1 aliphatic heterocycles. The second kappa shape index (κ2) is 1.97. The van der Waals surface area contributed by atoms with Crippen LogP contribution in [0.1, 0.15) is 13.3 Å². The molecule has 62 valence electrons. The molecule has 2 aliphatic rings. The van der Waals surface area contributed by atoms with E-state index in [0.717, 1.165) is 19.6 Å². The third-order valence-electron chi connectivity index (χ3n) is 3.02. The van der Waals surface area contributed by atoms with E-state index in [1.807, 2.05) is 0 Å². The van der Waals surface area contributed by atoms with Crippen molar-refractivity contribution >= 4 is 5.97 Å². The monoisotopic (exact) mass is 156 g/mol. The lowest BCUT2D eigenvalue weighted by molar-refractivity contribution is -0.143. The summed E-state index contributed by atoms with van der Waals surface area (Å²) in [5, 5.41) is 8.70. The summed E-state index contributed by atoms with van der Waals surface area (Å²) in [5.41, 5.74) is 0.289. The predicted octanol–water partition coefficient (Wildman–Crippen LogP) is 0.744. The minimum Gasteiger partial charge on any atom is -0.481 e. The van der Waals surface area contributed by atoms with E-state index < -0.39 is 5.97 Å². The van der Waals surface area contributed by atoms with Gasteiger partial charge in [-0.3, -0.25) is 4.79 Å². The van der Waals surface area contributed by atoms with Gasteiger partial charge in [0, 0.05) is 5.41 Å². The summed E-state index contributed by atoms with van der Waals surface area (Å²) >= 11 is 0. The Balaban J connectivity index is 1.94. The van der Waals surface area contributed by atoms with Gasteiger partial charge in [-0.05, 0) is 12.3 Å². The Kier molecular flexibility index (Phi) is 1.27. The SMILES string of the molecule is CC(C(=O)O)C1CC12COC2. The Labute approximate surface area is 65.4 Å². The van der Waals surface area contributed by atoms with Gasteiger partial charge in [-0.2, -0.15) is 0 Å². The largest absolute Gasteiger partial charge is 0.481 e. The second-order valence-corrected chi connectivity index (χ2v) is 3.79. The molecular formula is C8H12O3. The molecule has 1 saturated heterocycles. The molecule has 0 aromatic carbocycles. The zero-order chi connectivity index (χ0) is 8.06. The highest BCUT2D eigenvalue weighted by atomic mass is 16.5. The lowest BCUT2D eigenvalue weighted by Crippen LogP contribution is -2.33. The first-order valence-corrected chi connectivity index (χ1v) is 3.96. The summed E-state index contributed by atoms with van der Waals surface area (Å²) < 4.78 is 5.07. The van der Waals surface area contributed by atoms with Gasteiger partial charge in [-0.15, -0.1) is 0 Å². The minimum absolute atomic E-state index is 0.182. The molecule has 3 heteroatoms. The van der Waals surface area contributed by atoms with E-state index in [4.69, 9.17) is 9.84 Å². The molecule has 1 saturated carbocycles. The Bertz CT molecular complexity index is 196. The van der Waals surface area contributed by atoms with E-state index in [1.165, 1.54) is 0 Å². The summed E-state index contributed by atoms with van der Waals surface area (Å²) in [5.74, 6) is -0.466. The standard InChI is InChI=1S/C8H12O3/c1-5(7(9)10)6-2-8(6)3-11-4-8/h5-6H,2-4H2,1H3,(H,9,10). The van der Waals surface area contributed by atoms with Crippen molar-refractivity contribution in [1.82, 2.24) is 0 Å². The number of hydrogen-bond acceptors (Lipinski definition) is 2. The van der Waals surface area contributed by atoms with E-state index in [-0.39, 0.29) is 11.3 Å². The Morgan fingerprint density at radius 2 is 2.36 bits per heavy atom. The second-order valence-electron chi connectivity index (χ2n) is 3.79. The van der Waals surface area contributed by atoms with Crippen LogP contribution in [0, 0.1) is 17.3 Å². The Morgan fingerprint density at radius 3 is 2.64 bits per heavy atom. The van der Waals surface area contributed by atoms with Gasteiger partial charge in [0.2, 0.25) is 0 Å². The third kappa shape index (κ3) is 0.872. The van der Waals surface area contributed by atoms with E-state index in [0.29, 0.717) is 5.92 Å². The van der Waals surface area contributed by atoms with Crippen LogP contribution in [0.3, 0.4) is 0 Å². The van der Waals surface area contributed by atoms with Crippen molar-refractivity contribution in [3.05, 3.63) is 0 Å². The molecule has 2 rings (SSSR count). The van der Waals surface area contributed by atoms with E-state index >= 15 is 0 Å². The number of hydrogen-bond donors (Lipinski definition) is 1. The lowest BCUT2D eigenvalue weighted by Gasteiger charge is -2.28. The lowest BCUT2D eigenvalue weighted by atomic mass is 9.94. The molecule has 0 aromatic rings. The van der Waals surface area contributed by atoms with Crippen molar-refractivity contribution in [1.29, 1.82) is 0 Å². The maximum Gasteiger partial charge on any atom is 0.306 e. The van der Waals surface area contributed by atoms with Crippen LogP contribution in [0.25, 0.3) is 0 Å². The topological polar surface area (TPSA) is 46.5 Å². The van der Waals surface area contributed by atoms with Gasteiger partial charge in [-0.25, -0.2) is 0 Å². The summed E-state index contributed by atoms with van der Waals surface area (Å²) in [7, 11) is 0. The highest BCUT2D eigenvalue weighted by Crippen LogP contribution is 2.60. The molecule has 0 bridgehead atoms. The van der Waals surface area contributed by atoms with Crippen LogP contribution in [0.2, 0.25) is 0 Å². The number of ether oxygens (including phenoxy) is 1. The molecule has 1 spiro atoms. The Hall–Kier alpha value is -0.570. The average molecular weight is 156 g/mol. The molecule has 2 fully saturated rings. The smallest absolute Gasteiger partial charge is 0.306 e. The van der Waals surface area contributed by atoms with Crippen molar-refractivity contribution in [3.63, 3.8) is 0 Å². The molecule has 0 aromatic heterocycles. The van der Waals surface area contributed by atoms with Crippen LogP contribution < -0.4 is 0 Å². The fraction of sp³-hybridized carbons (Fsp3) is 0.875. The average Bonchev–Trinajstić information content (AvgIpc) is 2.58. The summed E-state index contributed by atoms with van der Waals surface area (Å²) in [4.78, 5) is 10.6. The highest BCUT2D eigenvalue weighted by molar-refractivity contribution is 5.70. The van der Waals surface area contributed by atoms with Crippen LogP contribution in [0.4, 0.5) is 0 Å². The van der Waals surface area contributed by atoms with Crippen molar-refractivity contribution in [3.8, 4) is 0 Å². The molecule has 2 atom stereocenters.